The highest BCUT2D eigenvalue weighted by Crippen LogP contribution is 2.26. The molecule has 4 aromatic carbocycles. The number of anilines is 2. The molecule has 1 aromatic heterocycles. The van der Waals surface area contributed by atoms with Gasteiger partial charge < -0.3 is 30.6 Å². The number of aromatic nitrogens is 3. The van der Waals surface area contributed by atoms with Gasteiger partial charge in [0.25, 0.3) is 0 Å². The van der Waals surface area contributed by atoms with Crippen molar-refractivity contribution in [3.63, 3.8) is 0 Å². The van der Waals surface area contributed by atoms with Crippen LogP contribution in [0.4, 0.5) is 11.4 Å². The summed E-state index contributed by atoms with van der Waals surface area (Å²) < 4.78 is 1.78. The van der Waals surface area contributed by atoms with Crippen LogP contribution in [0.3, 0.4) is 0 Å². The number of amides is 4. The summed E-state index contributed by atoms with van der Waals surface area (Å²) in [5.41, 5.74) is 4.19. The summed E-state index contributed by atoms with van der Waals surface area (Å²) in [6.45, 7) is 0.205. The van der Waals surface area contributed by atoms with E-state index in [4.69, 9.17) is 0 Å². The molecule has 2 saturated heterocycles. The summed E-state index contributed by atoms with van der Waals surface area (Å²) in [7, 11) is 0. The molecule has 2 fully saturated rings. The largest absolute Gasteiger partial charge is 0.391 e. The number of likely N-dealkylation sites (tertiary alicyclic amines) is 2. The predicted octanol–water partition coefficient (Wildman–Crippen LogP) is 3.22. The van der Waals surface area contributed by atoms with Crippen LogP contribution >= 0.6 is 0 Å². The number of hydrogen-bond acceptors (Lipinski definition) is 8. The summed E-state index contributed by atoms with van der Waals surface area (Å²) in [5.74, 6) is -0.636. The molecule has 53 heavy (non-hydrogen) atoms. The van der Waals surface area contributed by atoms with Gasteiger partial charge in [-0.3, -0.25) is 23.7 Å². The molecular weight excluding hydrogens is 674 g/mol. The minimum Gasteiger partial charge on any atom is -0.391 e. The van der Waals surface area contributed by atoms with Crippen molar-refractivity contribution >= 4 is 35.0 Å². The molecule has 0 saturated carbocycles. The van der Waals surface area contributed by atoms with Crippen LogP contribution in [0.1, 0.15) is 24.0 Å². The van der Waals surface area contributed by atoms with Crippen LogP contribution in [0.2, 0.25) is 0 Å². The number of rotatable bonds is 10. The van der Waals surface area contributed by atoms with Crippen molar-refractivity contribution in [1.29, 1.82) is 0 Å². The lowest BCUT2D eigenvalue weighted by Gasteiger charge is -2.24. The van der Waals surface area contributed by atoms with Crippen LogP contribution in [-0.4, -0.2) is 95.8 Å². The SMILES string of the molecule is O=C(Nc1ccc(-c2nncn2-c2ccc(NC(=O)C3CC(O)CN3C(=O)Cc3ccccc3)cc2)cc1)C1CC(O)CN1C(=O)Cc1ccccc1. The molecule has 3 heterocycles. The van der Waals surface area contributed by atoms with Crippen molar-refractivity contribution in [1.82, 2.24) is 24.6 Å². The molecule has 0 spiro atoms. The summed E-state index contributed by atoms with van der Waals surface area (Å²) in [5, 5.41) is 34.8. The van der Waals surface area contributed by atoms with Crippen LogP contribution in [0, 0.1) is 0 Å². The lowest BCUT2D eigenvalue weighted by atomic mass is 10.1. The number of nitrogens with one attached hydrogen (secondary N) is 2. The summed E-state index contributed by atoms with van der Waals surface area (Å²) in [6.07, 6.45) is 0.620. The first-order valence-corrected chi connectivity index (χ1v) is 17.5. The highest BCUT2D eigenvalue weighted by Gasteiger charge is 2.40. The van der Waals surface area contributed by atoms with Crippen molar-refractivity contribution in [2.45, 2.75) is 50.0 Å². The van der Waals surface area contributed by atoms with Crippen LogP contribution in [0.25, 0.3) is 17.1 Å². The molecule has 2 aliphatic heterocycles. The first-order valence-electron chi connectivity index (χ1n) is 17.5. The van der Waals surface area contributed by atoms with Crippen LogP contribution in [0.15, 0.2) is 116 Å². The fourth-order valence-corrected chi connectivity index (χ4v) is 6.90. The standard InChI is InChI=1S/C40H39N7O6/c48-32-21-34(45(23-32)36(50)19-26-7-3-1-4-8-26)39(52)42-29-13-11-28(12-14-29)38-44-41-25-47(38)31-17-15-30(16-18-31)43-40(53)35-22-33(49)24-46(35)37(51)20-27-9-5-2-6-10-27/h1-18,25,32-35,48-49H,19-24H2,(H,42,52)(H,43,53). The summed E-state index contributed by atoms with van der Waals surface area (Å²) >= 11 is 0. The van der Waals surface area contributed by atoms with Gasteiger partial charge in [0.05, 0.1) is 25.0 Å². The monoisotopic (exact) mass is 713 g/mol. The molecule has 4 unspecified atom stereocenters. The quantitative estimate of drug-likeness (QED) is 0.171. The number of aliphatic hydroxyl groups is 2. The number of carbonyl (C=O) groups excluding carboxylic acids is 4. The molecule has 13 heteroatoms. The fourth-order valence-electron chi connectivity index (χ4n) is 6.90. The zero-order valence-corrected chi connectivity index (χ0v) is 28.8. The Morgan fingerprint density at radius 3 is 1.55 bits per heavy atom. The van der Waals surface area contributed by atoms with Gasteiger partial charge >= 0.3 is 0 Å². The minimum absolute atomic E-state index is 0.102. The molecule has 4 N–H and O–H groups in total. The van der Waals surface area contributed by atoms with Crippen molar-refractivity contribution < 1.29 is 29.4 Å². The smallest absolute Gasteiger partial charge is 0.247 e. The molecule has 7 rings (SSSR count). The third-order valence-electron chi connectivity index (χ3n) is 9.57. The Hall–Kier alpha value is -6.18. The van der Waals surface area contributed by atoms with Crippen LogP contribution in [-0.2, 0) is 32.0 Å². The van der Waals surface area contributed by atoms with E-state index in [-0.39, 0.29) is 62.4 Å². The highest BCUT2D eigenvalue weighted by molar-refractivity contribution is 5.99. The Balaban J connectivity index is 0.972. The molecule has 4 atom stereocenters. The molecule has 5 aromatic rings. The second kappa shape index (κ2) is 15.6. The van der Waals surface area contributed by atoms with Crippen LogP contribution in [0.5, 0.6) is 0 Å². The molecule has 13 nitrogen and oxygen atoms in total. The second-order valence-corrected chi connectivity index (χ2v) is 13.4. The maximum atomic E-state index is 13.3. The topological polar surface area (TPSA) is 170 Å². The van der Waals surface area contributed by atoms with Gasteiger partial charge in [0.1, 0.15) is 18.4 Å². The van der Waals surface area contributed by atoms with E-state index in [0.29, 0.717) is 17.2 Å². The van der Waals surface area contributed by atoms with E-state index in [2.05, 4.69) is 20.8 Å². The molecule has 0 radical (unpaired) electrons. The van der Waals surface area contributed by atoms with Gasteiger partial charge in [-0.15, -0.1) is 10.2 Å². The third kappa shape index (κ3) is 8.16. The van der Waals surface area contributed by atoms with E-state index in [9.17, 15) is 29.4 Å². The Morgan fingerprint density at radius 2 is 1.08 bits per heavy atom. The molecule has 270 valence electrons. The van der Waals surface area contributed by atoms with E-state index < -0.39 is 24.3 Å². The van der Waals surface area contributed by atoms with Crippen molar-refractivity contribution in [2.75, 3.05) is 23.7 Å². The maximum absolute atomic E-state index is 13.3. The Morgan fingerprint density at radius 1 is 0.623 bits per heavy atom. The number of hydrogen-bond donors (Lipinski definition) is 4. The number of β-amino-alcohol motifs (C(OH)–C–C–N with tert-alkyl or cyclic N) is 2. The third-order valence-corrected chi connectivity index (χ3v) is 9.57. The summed E-state index contributed by atoms with van der Waals surface area (Å²) in [6, 6.07) is 31.2. The molecule has 4 amide bonds. The van der Waals surface area contributed by atoms with Gasteiger partial charge in [-0.1, -0.05) is 60.7 Å². The molecular formula is C40H39N7O6. The summed E-state index contributed by atoms with van der Waals surface area (Å²) in [4.78, 5) is 55.6. The van der Waals surface area contributed by atoms with Gasteiger partial charge in [-0.25, -0.2) is 0 Å². The second-order valence-electron chi connectivity index (χ2n) is 13.4. The number of benzene rings is 4. The first kappa shape index (κ1) is 35.2. The van der Waals surface area contributed by atoms with E-state index in [1.54, 1.807) is 59.4 Å². The van der Waals surface area contributed by atoms with Gasteiger partial charge in [-0.05, 0) is 59.7 Å². The van der Waals surface area contributed by atoms with Gasteiger partial charge in [0, 0.05) is 48.6 Å². The van der Waals surface area contributed by atoms with E-state index in [1.807, 2.05) is 60.7 Å². The average molecular weight is 714 g/mol. The van der Waals surface area contributed by atoms with Gasteiger partial charge in [0.2, 0.25) is 23.6 Å². The average Bonchev–Trinajstić information content (AvgIpc) is 3.92. The molecule has 0 bridgehead atoms. The Kier molecular flexibility index (Phi) is 10.4. The lowest BCUT2D eigenvalue weighted by molar-refractivity contribution is -0.136. The van der Waals surface area contributed by atoms with Crippen molar-refractivity contribution in [3.05, 3.63) is 127 Å². The number of nitrogens with zero attached hydrogens (tertiary/aromatic N) is 5. The predicted molar refractivity (Wildman–Crippen MR) is 197 cm³/mol. The van der Waals surface area contributed by atoms with Crippen molar-refractivity contribution in [2.24, 2.45) is 0 Å². The Bertz CT molecular complexity index is 1920. The zero-order chi connectivity index (χ0) is 36.9. The normalized spacial score (nSPS) is 19.6. The van der Waals surface area contributed by atoms with Gasteiger partial charge in [-0.2, -0.15) is 0 Å². The number of carbonyl (C=O) groups is 4. The Labute approximate surface area is 305 Å². The van der Waals surface area contributed by atoms with E-state index >= 15 is 0 Å². The minimum atomic E-state index is -0.789. The maximum Gasteiger partial charge on any atom is 0.247 e. The van der Waals surface area contributed by atoms with E-state index in [0.717, 1.165) is 22.4 Å². The van der Waals surface area contributed by atoms with Gasteiger partial charge in [0.15, 0.2) is 5.82 Å². The van der Waals surface area contributed by atoms with Crippen molar-refractivity contribution in [3.8, 4) is 17.1 Å². The fraction of sp³-hybridized carbons (Fsp3) is 0.250. The highest BCUT2D eigenvalue weighted by atomic mass is 16.3. The number of aliphatic hydroxyl groups excluding tert-OH is 2. The van der Waals surface area contributed by atoms with E-state index in [1.165, 1.54) is 9.80 Å². The van der Waals surface area contributed by atoms with Crippen LogP contribution < -0.4 is 10.6 Å². The first-order chi connectivity index (χ1) is 25.7. The molecule has 2 aliphatic rings. The zero-order valence-electron chi connectivity index (χ0n) is 28.8. The lowest BCUT2D eigenvalue weighted by Crippen LogP contribution is -2.43. The molecule has 0 aliphatic carbocycles.